The lowest BCUT2D eigenvalue weighted by Crippen LogP contribution is -2.03. The highest BCUT2D eigenvalue weighted by Gasteiger charge is 2.21. The van der Waals surface area contributed by atoms with Crippen molar-refractivity contribution in [3.63, 3.8) is 0 Å². The number of carbonyl (C=O) groups is 1. The van der Waals surface area contributed by atoms with Crippen LogP contribution in [-0.2, 0) is 4.79 Å². The molecule has 0 amide bonds. The molecular weight excluding hydrogens is 212 g/mol. The molecule has 0 radical (unpaired) electrons. The number of rotatable bonds is 0. The minimum absolute atomic E-state index is 0.0237. The minimum atomic E-state index is 0.0237. The summed E-state index contributed by atoms with van der Waals surface area (Å²) in [6, 6.07) is 0. The van der Waals surface area contributed by atoms with Crippen LogP contribution in [0.1, 0.15) is 17.5 Å². The Morgan fingerprint density at radius 2 is 2.33 bits per heavy atom. The van der Waals surface area contributed by atoms with Crippen LogP contribution >= 0.6 is 11.6 Å². The SMILES string of the molecule is C=C1C(=O)CCNc2ncc(C)c(Cl)c21. The Morgan fingerprint density at radius 3 is 3.07 bits per heavy atom. The standard InChI is InChI=1S/C11H11ClN2O/c1-6-5-14-11-9(10(6)12)7(2)8(15)3-4-13-11/h5H,2-4H2,1H3,(H,13,14). The molecule has 1 aromatic rings. The molecule has 0 fully saturated rings. The molecule has 0 aromatic carbocycles. The largest absolute Gasteiger partial charge is 0.369 e. The van der Waals surface area contributed by atoms with Gasteiger partial charge in [-0.05, 0) is 12.5 Å². The van der Waals surface area contributed by atoms with Gasteiger partial charge in [-0.15, -0.1) is 0 Å². The van der Waals surface area contributed by atoms with E-state index in [1.165, 1.54) is 0 Å². The van der Waals surface area contributed by atoms with Crippen LogP contribution in [0.15, 0.2) is 12.8 Å². The number of nitrogens with one attached hydrogen (secondary N) is 1. The Hall–Kier alpha value is -1.35. The molecule has 1 aromatic heterocycles. The molecule has 0 atom stereocenters. The van der Waals surface area contributed by atoms with E-state index in [4.69, 9.17) is 11.6 Å². The number of hydrogen-bond donors (Lipinski definition) is 1. The van der Waals surface area contributed by atoms with Gasteiger partial charge in [0, 0.05) is 30.3 Å². The van der Waals surface area contributed by atoms with Gasteiger partial charge in [0.05, 0.1) is 5.02 Å². The van der Waals surface area contributed by atoms with E-state index in [2.05, 4.69) is 16.9 Å². The maximum atomic E-state index is 11.6. The fraction of sp³-hybridized carbons (Fsp3) is 0.273. The summed E-state index contributed by atoms with van der Waals surface area (Å²) in [7, 11) is 0. The Labute approximate surface area is 93.2 Å². The lowest BCUT2D eigenvalue weighted by Gasteiger charge is -2.10. The van der Waals surface area contributed by atoms with Gasteiger partial charge in [-0.3, -0.25) is 4.79 Å². The van der Waals surface area contributed by atoms with Gasteiger partial charge in [0.25, 0.3) is 0 Å². The van der Waals surface area contributed by atoms with Crippen molar-refractivity contribution in [3.05, 3.63) is 28.9 Å². The molecule has 2 rings (SSSR count). The van der Waals surface area contributed by atoms with Crippen molar-refractivity contribution in [1.82, 2.24) is 4.98 Å². The topological polar surface area (TPSA) is 42.0 Å². The van der Waals surface area contributed by atoms with Gasteiger partial charge in [-0.25, -0.2) is 4.98 Å². The van der Waals surface area contributed by atoms with Crippen LogP contribution < -0.4 is 5.32 Å². The number of aromatic nitrogens is 1. The van der Waals surface area contributed by atoms with Crippen LogP contribution in [-0.4, -0.2) is 17.3 Å². The summed E-state index contributed by atoms with van der Waals surface area (Å²) in [6.45, 7) is 6.22. The van der Waals surface area contributed by atoms with Crippen LogP contribution in [0.5, 0.6) is 0 Å². The van der Waals surface area contributed by atoms with E-state index in [0.29, 0.717) is 34.9 Å². The molecule has 0 spiro atoms. The third-order valence-electron chi connectivity index (χ3n) is 2.47. The number of anilines is 1. The van der Waals surface area contributed by atoms with Crippen LogP contribution in [0.25, 0.3) is 5.57 Å². The lowest BCUT2D eigenvalue weighted by atomic mass is 10.0. The summed E-state index contributed by atoms with van der Waals surface area (Å²) >= 11 is 6.15. The highest BCUT2D eigenvalue weighted by Crippen LogP contribution is 2.33. The molecule has 2 heterocycles. The first kappa shape index (κ1) is 10.2. The van der Waals surface area contributed by atoms with Crippen LogP contribution in [0, 0.1) is 6.92 Å². The predicted molar refractivity (Wildman–Crippen MR) is 61.1 cm³/mol. The molecule has 3 nitrogen and oxygen atoms in total. The number of nitrogens with zero attached hydrogens (tertiary/aromatic N) is 1. The molecule has 1 N–H and O–H groups in total. The number of Topliss-reactive ketones (excluding diaryl/α,β-unsaturated/α-hetero) is 1. The van der Waals surface area contributed by atoms with Gasteiger partial charge in [0.15, 0.2) is 5.78 Å². The van der Waals surface area contributed by atoms with E-state index in [9.17, 15) is 4.79 Å². The van der Waals surface area contributed by atoms with Crippen LogP contribution in [0.4, 0.5) is 5.82 Å². The Kier molecular flexibility index (Phi) is 2.49. The number of hydrogen-bond acceptors (Lipinski definition) is 3. The zero-order chi connectivity index (χ0) is 11.0. The van der Waals surface area contributed by atoms with E-state index in [-0.39, 0.29) is 5.78 Å². The summed E-state index contributed by atoms with van der Waals surface area (Å²) in [6.07, 6.45) is 2.13. The van der Waals surface area contributed by atoms with Crippen molar-refractivity contribution in [3.8, 4) is 0 Å². The van der Waals surface area contributed by atoms with Gasteiger partial charge in [-0.2, -0.15) is 0 Å². The number of carbonyl (C=O) groups excluding carboxylic acids is 1. The summed E-state index contributed by atoms with van der Waals surface area (Å²) in [5.74, 6) is 0.678. The van der Waals surface area contributed by atoms with E-state index >= 15 is 0 Å². The number of aryl methyl sites for hydroxylation is 1. The van der Waals surface area contributed by atoms with Crippen molar-refractivity contribution in [2.75, 3.05) is 11.9 Å². The molecule has 0 saturated carbocycles. The monoisotopic (exact) mass is 222 g/mol. The zero-order valence-corrected chi connectivity index (χ0v) is 9.19. The van der Waals surface area contributed by atoms with Crippen LogP contribution in [0.3, 0.4) is 0 Å². The molecule has 0 aliphatic carbocycles. The molecule has 0 bridgehead atoms. The molecule has 0 saturated heterocycles. The molecule has 1 aliphatic rings. The molecule has 0 unspecified atom stereocenters. The molecular formula is C11H11ClN2O. The molecule has 4 heteroatoms. The summed E-state index contributed by atoms with van der Waals surface area (Å²) in [5, 5.41) is 3.64. The fourth-order valence-electron chi connectivity index (χ4n) is 1.58. The van der Waals surface area contributed by atoms with Gasteiger partial charge in [0.2, 0.25) is 0 Å². The highest BCUT2D eigenvalue weighted by atomic mass is 35.5. The van der Waals surface area contributed by atoms with Crippen molar-refractivity contribution < 1.29 is 4.79 Å². The third-order valence-corrected chi connectivity index (χ3v) is 2.96. The maximum absolute atomic E-state index is 11.6. The van der Waals surface area contributed by atoms with E-state index in [1.807, 2.05) is 6.92 Å². The predicted octanol–water partition coefficient (Wildman–Crippen LogP) is 2.44. The van der Waals surface area contributed by atoms with Gasteiger partial charge >= 0.3 is 0 Å². The second kappa shape index (κ2) is 3.66. The first-order chi connectivity index (χ1) is 7.11. The Bertz CT molecular complexity index is 454. The van der Waals surface area contributed by atoms with Crippen molar-refractivity contribution in [1.29, 1.82) is 0 Å². The van der Waals surface area contributed by atoms with Gasteiger partial charge in [-0.1, -0.05) is 18.2 Å². The fourth-order valence-corrected chi connectivity index (χ4v) is 1.83. The van der Waals surface area contributed by atoms with E-state index in [1.54, 1.807) is 6.20 Å². The molecule has 1 aliphatic heterocycles. The Morgan fingerprint density at radius 1 is 1.60 bits per heavy atom. The van der Waals surface area contributed by atoms with Crippen LogP contribution in [0.2, 0.25) is 5.02 Å². The highest BCUT2D eigenvalue weighted by molar-refractivity contribution is 6.36. The lowest BCUT2D eigenvalue weighted by molar-refractivity contribution is -0.113. The molecule has 15 heavy (non-hydrogen) atoms. The second-order valence-electron chi connectivity index (χ2n) is 3.56. The number of fused-ring (bicyclic) bond motifs is 1. The Balaban J connectivity index is 2.66. The first-order valence-electron chi connectivity index (χ1n) is 4.72. The van der Waals surface area contributed by atoms with E-state index < -0.39 is 0 Å². The average molecular weight is 223 g/mol. The summed E-state index contributed by atoms with van der Waals surface area (Å²) < 4.78 is 0. The van der Waals surface area contributed by atoms with Gasteiger partial charge < -0.3 is 5.32 Å². The van der Waals surface area contributed by atoms with E-state index in [0.717, 1.165) is 5.56 Å². The normalized spacial score (nSPS) is 15.6. The van der Waals surface area contributed by atoms with Crippen molar-refractivity contribution in [2.24, 2.45) is 0 Å². The minimum Gasteiger partial charge on any atom is -0.369 e. The quantitative estimate of drug-likeness (QED) is 0.686. The number of allylic oxidation sites excluding steroid dienone is 1. The van der Waals surface area contributed by atoms with Crippen molar-refractivity contribution in [2.45, 2.75) is 13.3 Å². The third kappa shape index (κ3) is 1.63. The summed E-state index contributed by atoms with van der Waals surface area (Å²) in [5.41, 5.74) is 1.96. The average Bonchev–Trinajstić information content (AvgIpc) is 2.35. The maximum Gasteiger partial charge on any atom is 0.164 e. The number of pyridine rings is 1. The smallest absolute Gasteiger partial charge is 0.164 e. The zero-order valence-electron chi connectivity index (χ0n) is 8.43. The second-order valence-corrected chi connectivity index (χ2v) is 3.94. The first-order valence-corrected chi connectivity index (χ1v) is 5.10. The van der Waals surface area contributed by atoms with Crippen molar-refractivity contribution >= 4 is 28.8 Å². The number of halogens is 1. The van der Waals surface area contributed by atoms with Gasteiger partial charge in [0.1, 0.15) is 5.82 Å². The summed E-state index contributed by atoms with van der Waals surface area (Å²) in [4.78, 5) is 15.8. The number of ketones is 1. The molecule has 78 valence electrons.